The zero-order chi connectivity index (χ0) is 22.8. The van der Waals surface area contributed by atoms with Crippen LogP contribution in [-0.4, -0.2) is 35.3 Å². The molecule has 0 saturated carbocycles. The molecule has 8 nitrogen and oxygen atoms in total. The number of carbonyl (C=O) groups excluding carboxylic acids is 1. The van der Waals surface area contributed by atoms with Gasteiger partial charge in [-0.25, -0.2) is 4.79 Å². The second-order valence-electron chi connectivity index (χ2n) is 7.80. The first-order chi connectivity index (χ1) is 15.4. The number of hydrogen-bond acceptors (Lipinski definition) is 7. The monoisotopic (exact) mass is 435 g/mol. The van der Waals surface area contributed by atoms with Crippen LogP contribution < -0.4 is 4.74 Å². The number of rotatable bonds is 6. The van der Waals surface area contributed by atoms with Crippen LogP contribution in [0.3, 0.4) is 0 Å². The molecule has 0 unspecified atom stereocenters. The molecule has 2 atom stereocenters. The Balaban J connectivity index is 1.85. The van der Waals surface area contributed by atoms with Crippen LogP contribution in [0.4, 0.5) is 5.69 Å². The summed E-state index contributed by atoms with van der Waals surface area (Å²) in [7, 11) is 1.62. The summed E-state index contributed by atoms with van der Waals surface area (Å²) in [6, 6.07) is 12.3. The summed E-state index contributed by atoms with van der Waals surface area (Å²) in [5.41, 5.74) is 4.18. The van der Waals surface area contributed by atoms with Gasteiger partial charge in [-0.05, 0) is 50.5 Å². The molecular weight excluding hydrogens is 410 g/mol. The largest absolute Gasteiger partial charge is 0.497 e. The van der Waals surface area contributed by atoms with E-state index in [4.69, 9.17) is 14.6 Å². The topological polar surface area (TPSA) is 94.3 Å². The van der Waals surface area contributed by atoms with Crippen LogP contribution in [0.15, 0.2) is 59.3 Å². The van der Waals surface area contributed by atoms with E-state index in [0.29, 0.717) is 11.3 Å². The standard InChI is InChI=1S/C24H25N3O5/c1-4-32-22(28)13-15(2)26-24(18-7-5-6-8-21(18)27(29)30)19-12-10-16-9-11-17(31-3)14-20(16)23(19)25-26/h5-9,11,13-14,19,24H,4,10,12H2,1-3H3/b15-13+/t19-,24-/m1/s1. The van der Waals surface area contributed by atoms with E-state index in [-0.39, 0.29) is 23.1 Å². The predicted molar refractivity (Wildman–Crippen MR) is 119 cm³/mol. The molecule has 0 N–H and O–H groups in total. The maximum Gasteiger partial charge on any atom is 0.332 e. The highest BCUT2D eigenvalue weighted by Gasteiger charge is 2.44. The molecule has 0 radical (unpaired) electrons. The third kappa shape index (κ3) is 3.84. The molecule has 1 aliphatic carbocycles. The lowest BCUT2D eigenvalue weighted by Crippen LogP contribution is -2.29. The van der Waals surface area contributed by atoms with Gasteiger partial charge in [0.25, 0.3) is 5.69 Å². The zero-order valence-electron chi connectivity index (χ0n) is 18.3. The van der Waals surface area contributed by atoms with Crippen LogP contribution in [0.5, 0.6) is 5.75 Å². The lowest BCUT2D eigenvalue weighted by atomic mass is 9.77. The average molecular weight is 435 g/mol. The summed E-state index contributed by atoms with van der Waals surface area (Å²) in [6.07, 6.45) is 3.01. The summed E-state index contributed by atoms with van der Waals surface area (Å²) in [6.45, 7) is 3.78. The number of nitro benzene ring substituents is 1. The lowest BCUT2D eigenvalue weighted by molar-refractivity contribution is -0.386. The van der Waals surface area contributed by atoms with Gasteiger partial charge in [0, 0.05) is 29.3 Å². The van der Waals surface area contributed by atoms with Crippen molar-refractivity contribution in [3.8, 4) is 5.75 Å². The fourth-order valence-corrected chi connectivity index (χ4v) is 4.54. The number of esters is 1. The predicted octanol–water partition coefficient (Wildman–Crippen LogP) is 4.39. The third-order valence-electron chi connectivity index (χ3n) is 5.96. The number of methoxy groups -OCH3 is 1. The molecule has 2 aromatic carbocycles. The maximum absolute atomic E-state index is 12.1. The summed E-state index contributed by atoms with van der Waals surface area (Å²) < 4.78 is 10.5. The number of para-hydroxylation sites is 1. The second kappa shape index (κ2) is 8.82. The normalized spacial score (nSPS) is 19.7. The first kappa shape index (κ1) is 21.5. The van der Waals surface area contributed by atoms with Gasteiger partial charge in [0.15, 0.2) is 0 Å². The van der Waals surface area contributed by atoms with Gasteiger partial charge in [0.1, 0.15) is 5.75 Å². The van der Waals surface area contributed by atoms with Gasteiger partial charge in [-0.15, -0.1) is 0 Å². The zero-order valence-corrected chi connectivity index (χ0v) is 18.3. The van der Waals surface area contributed by atoms with Crippen molar-refractivity contribution in [3.05, 3.63) is 81.0 Å². The average Bonchev–Trinajstić information content (AvgIpc) is 3.19. The van der Waals surface area contributed by atoms with Crippen LogP contribution in [0, 0.1) is 16.0 Å². The van der Waals surface area contributed by atoms with Gasteiger partial charge < -0.3 is 9.47 Å². The van der Waals surface area contributed by atoms with E-state index in [9.17, 15) is 14.9 Å². The molecule has 2 aliphatic rings. The third-order valence-corrected chi connectivity index (χ3v) is 5.96. The van der Waals surface area contributed by atoms with Crippen LogP contribution in [0.25, 0.3) is 0 Å². The smallest absolute Gasteiger partial charge is 0.332 e. The fourth-order valence-electron chi connectivity index (χ4n) is 4.54. The number of hydrogen-bond donors (Lipinski definition) is 0. The summed E-state index contributed by atoms with van der Waals surface area (Å²) in [5.74, 6) is 0.191. The molecule has 1 aliphatic heterocycles. The number of nitrogens with zero attached hydrogens (tertiary/aromatic N) is 3. The van der Waals surface area contributed by atoms with E-state index in [1.165, 1.54) is 12.1 Å². The lowest BCUT2D eigenvalue weighted by Gasteiger charge is -2.30. The molecule has 0 fully saturated rings. The Morgan fingerprint density at radius 2 is 2.09 bits per heavy atom. The highest BCUT2D eigenvalue weighted by molar-refractivity contribution is 6.06. The minimum Gasteiger partial charge on any atom is -0.497 e. The Labute approximate surface area is 186 Å². The number of ether oxygens (including phenoxy) is 2. The Morgan fingerprint density at radius 3 is 2.81 bits per heavy atom. The number of fused-ring (bicyclic) bond motifs is 3. The van der Waals surface area contributed by atoms with Gasteiger partial charge in [0.05, 0.1) is 36.0 Å². The van der Waals surface area contributed by atoms with Crippen molar-refractivity contribution >= 4 is 17.4 Å². The van der Waals surface area contributed by atoms with Crippen LogP contribution in [0.1, 0.15) is 43.0 Å². The quantitative estimate of drug-likeness (QED) is 0.289. The van der Waals surface area contributed by atoms with Gasteiger partial charge >= 0.3 is 5.97 Å². The first-order valence-electron chi connectivity index (χ1n) is 10.6. The van der Waals surface area contributed by atoms with Crippen molar-refractivity contribution in [3.63, 3.8) is 0 Å². The van der Waals surface area contributed by atoms with E-state index in [1.54, 1.807) is 44.2 Å². The van der Waals surface area contributed by atoms with Crippen molar-refractivity contribution in [1.29, 1.82) is 0 Å². The van der Waals surface area contributed by atoms with E-state index < -0.39 is 12.0 Å². The Morgan fingerprint density at radius 1 is 1.31 bits per heavy atom. The molecule has 32 heavy (non-hydrogen) atoms. The number of hydrazone groups is 1. The van der Waals surface area contributed by atoms with Crippen molar-refractivity contribution < 1.29 is 19.2 Å². The molecule has 166 valence electrons. The van der Waals surface area contributed by atoms with Crippen LogP contribution in [0.2, 0.25) is 0 Å². The molecule has 1 heterocycles. The van der Waals surface area contributed by atoms with E-state index in [2.05, 4.69) is 0 Å². The minimum atomic E-state index is -0.469. The minimum absolute atomic E-state index is 0.0410. The maximum atomic E-state index is 12.1. The molecule has 0 bridgehead atoms. The van der Waals surface area contributed by atoms with E-state index in [1.807, 2.05) is 18.2 Å². The number of carbonyl (C=O) groups is 1. The van der Waals surface area contributed by atoms with Gasteiger partial charge in [-0.2, -0.15) is 5.10 Å². The first-order valence-corrected chi connectivity index (χ1v) is 10.6. The Bertz CT molecular complexity index is 1120. The summed E-state index contributed by atoms with van der Waals surface area (Å²) >= 11 is 0. The summed E-state index contributed by atoms with van der Waals surface area (Å²) in [5, 5.41) is 18.4. The van der Waals surface area contributed by atoms with Gasteiger partial charge in [0.2, 0.25) is 0 Å². The molecule has 4 rings (SSSR count). The number of nitro groups is 1. The Kier molecular flexibility index (Phi) is 5.94. The molecule has 0 aromatic heterocycles. The van der Waals surface area contributed by atoms with Gasteiger partial charge in [-0.3, -0.25) is 15.1 Å². The molecule has 0 amide bonds. The highest BCUT2D eigenvalue weighted by Crippen LogP contribution is 2.47. The molecule has 2 aromatic rings. The molecule has 0 saturated heterocycles. The number of benzene rings is 2. The highest BCUT2D eigenvalue weighted by atomic mass is 16.6. The van der Waals surface area contributed by atoms with Crippen molar-refractivity contribution in [2.45, 2.75) is 32.7 Å². The molecule has 0 spiro atoms. The van der Waals surface area contributed by atoms with Gasteiger partial charge in [-0.1, -0.05) is 18.2 Å². The molecule has 8 heteroatoms. The van der Waals surface area contributed by atoms with Crippen LogP contribution >= 0.6 is 0 Å². The Hall–Kier alpha value is -3.68. The van der Waals surface area contributed by atoms with Crippen molar-refractivity contribution in [2.75, 3.05) is 13.7 Å². The van der Waals surface area contributed by atoms with Crippen LogP contribution in [-0.2, 0) is 16.0 Å². The second-order valence-corrected chi connectivity index (χ2v) is 7.80. The van der Waals surface area contributed by atoms with Crippen molar-refractivity contribution in [1.82, 2.24) is 5.01 Å². The fraction of sp³-hybridized carbons (Fsp3) is 0.333. The number of allylic oxidation sites excluding steroid dienone is 1. The molecular formula is C24H25N3O5. The van der Waals surface area contributed by atoms with E-state index in [0.717, 1.165) is 35.4 Å². The van der Waals surface area contributed by atoms with Crippen molar-refractivity contribution in [2.24, 2.45) is 11.0 Å². The SMILES string of the molecule is CCOC(=O)/C=C(\C)N1N=C2c3cc(OC)ccc3CC[C@H]2[C@H]1c1ccccc1[N+](=O)[O-]. The number of aryl methyl sites for hydroxylation is 1. The van der Waals surface area contributed by atoms with E-state index >= 15 is 0 Å². The summed E-state index contributed by atoms with van der Waals surface area (Å²) in [4.78, 5) is 23.6.